The zero-order chi connectivity index (χ0) is 10.7. The lowest BCUT2D eigenvalue weighted by atomic mass is 9.75. The number of nitrogens with one attached hydrogen (secondary N) is 1. The molecule has 0 amide bonds. The fraction of sp³-hybridized carbons (Fsp3) is 0.538. The van der Waals surface area contributed by atoms with Gasteiger partial charge < -0.3 is 5.32 Å². The molecule has 1 N–H and O–H groups in total. The topological polar surface area (TPSA) is 12.0 Å². The zero-order valence-electron chi connectivity index (χ0n) is 9.22. The molecule has 1 aromatic carbocycles. The molecule has 15 heavy (non-hydrogen) atoms. The highest BCUT2D eigenvalue weighted by Gasteiger charge is 2.34. The van der Waals surface area contributed by atoms with Gasteiger partial charge in [0, 0.05) is 16.6 Å². The first-order chi connectivity index (χ1) is 7.26. The Kier molecular flexibility index (Phi) is 3.47. The van der Waals surface area contributed by atoms with Gasteiger partial charge in [-0.15, -0.1) is 0 Å². The third kappa shape index (κ3) is 2.43. The molecule has 1 aromatic rings. The van der Waals surface area contributed by atoms with E-state index in [0.717, 1.165) is 6.54 Å². The molecule has 0 heterocycles. The fourth-order valence-corrected chi connectivity index (χ4v) is 2.61. The van der Waals surface area contributed by atoms with Crippen LogP contribution in [-0.2, 0) is 6.54 Å². The van der Waals surface area contributed by atoms with E-state index in [2.05, 4.69) is 52.4 Å². The number of hydrogen-bond acceptors (Lipinski definition) is 1. The lowest BCUT2D eigenvalue weighted by Gasteiger charge is -2.42. The van der Waals surface area contributed by atoms with Crippen molar-refractivity contribution in [2.45, 2.75) is 44.7 Å². The highest BCUT2D eigenvalue weighted by molar-refractivity contribution is 9.10. The van der Waals surface area contributed by atoms with Crippen molar-refractivity contribution in [1.82, 2.24) is 5.32 Å². The van der Waals surface area contributed by atoms with Gasteiger partial charge in [-0.1, -0.05) is 41.1 Å². The van der Waals surface area contributed by atoms with Crippen LogP contribution in [0.2, 0.25) is 0 Å². The first-order valence-electron chi connectivity index (χ1n) is 5.74. The van der Waals surface area contributed by atoms with E-state index >= 15 is 0 Å². The average Bonchev–Trinajstić information content (AvgIpc) is 2.19. The molecule has 0 radical (unpaired) electrons. The summed E-state index contributed by atoms with van der Waals surface area (Å²) in [6.07, 6.45) is 5.32. The van der Waals surface area contributed by atoms with Crippen molar-refractivity contribution >= 4 is 15.9 Å². The second-order valence-corrected chi connectivity index (χ2v) is 5.29. The molecule has 0 atom stereocenters. The van der Waals surface area contributed by atoms with Crippen molar-refractivity contribution in [3.05, 3.63) is 34.3 Å². The maximum absolute atomic E-state index is 3.71. The summed E-state index contributed by atoms with van der Waals surface area (Å²) in [5.74, 6) is 0. The first kappa shape index (κ1) is 11.2. The highest BCUT2D eigenvalue weighted by atomic mass is 79.9. The van der Waals surface area contributed by atoms with Gasteiger partial charge in [0.05, 0.1) is 0 Å². The van der Waals surface area contributed by atoms with Crippen LogP contribution in [0.15, 0.2) is 28.7 Å². The molecule has 1 fully saturated rings. The molecule has 0 bridgehead atoms. The van der Waals surface area contributed by atoms with E-state index in [1.807, 2.05) is 0 Å². The molecule has 1 nitrogen and oxygen atoms in total. The first-order valence-corrected chi connectivity index (χ1v) is 6.53. The predicted molar refractivity (Wildman–Crippen MR) is 67.9 cm³/mol. The summed E-state index contributed by atoms with van der Waals surface area (Å²) in [6.45, 7) is 3.27. The molecule has 1 saturated carbocycles. The van der Waals surface area contributed by atoms with Crippen molar-refractivity contribution < 1.29 is 0 Å². The Hall–Kier alpha value is -0.340. The van der Waals surface area contributed by atoms with Gasteiger partial charge in [0.2, 0.25) is 0 Å². The lowest BCUT2D eigenvalue weighted by Crippen LogP contribution is -2.49. The highest BCUT2D eigenvalue weighted by Crippen LogP contribution is 2.35. The zero-order valence-corrected chi connectivity index (χ0v) is 10.8. The van der Waals surface area contributed by atoms with Gasteiger partial charge in [0.1, 0.15) is 0 Å². The summed E-state index contributed by atoms with van der Waals surface area (Å²) in [7, 11) is 0. The molecule has 2 rings (SSSR count). The summed E-state index contributed by atoms with van der Waals surface area (Å²) >= 11 is 3.59. The number of benzene rings is 1. The third-order valence-corrected chi connectivity index (χ3v) is 4.37. The van der Waals surface area contributed by atoms with Crippen LogP contribution in [0.5, 0.6) is 0 Å². The van der Waals surface area contributed by atoms with Crippen molar-refractivity contribution in [3.63, 3.8) is 0 Å². The molecule has 82 valence electrons. The number of rotatable bonds is 4. The second-order valence-electron chi connectivity index (χ2n) is 4.43. The van der Waals surface area contributed by atoms with Crippen LogP contribution < -0.4 is 5.32 Å². The minimum atomic E-state index is 0.440. The largest absolute Gasteiger partial charge is 0.307 e. The van der Waals surface area contributed by atoms with Gasteiger partial charge >= 0.3 is 0 Å². The Labute approximate surface area is 100 Å². The summed E-state index contributed by atoms with van der Waals surface area (Å²) in [6, 6.07) is 8.45. The van der Waals surface area contributed by atoms with Gasteiger partial charge in [0.15, 0.2) is 0 Å². The smallest absolute Gasteiger partial charge is 0.0221 e. The Morgan fingerprint density at radius 3 is 2.60 bits per heavy atom. The number of halogens is 1. The molecular formula is C13H18BrN. The third-order valence-electron chi connectivity index (χ3n) is 3.60. The molecular weight excluding hydrogens is 250 g/mol. The molecule has 0 aliphatic heterocycles. The van der Waals surface area contributed by atoms with Gasteiger partial charge in [-0.3, -0.25) is 0 Å². The molecule has 0 aromatic heterocycles. The van der Waals surface area contributed by atoms with Gasteiger partial charge in [-0.05, 0) is 37.3 Å². The summed E-state index contributed by atoms with van der Waals surface area (Å²) in [5, 5.41) is 3.71. The molecule has 1 aliphatic rings. The lowest BCUT2D eigenvalue weighted by molar-refractivity contribution is 0.175. The minimum absolute atomic E-state index is 0.440. The minimum Gasteiger partial charge on any atom is -0.307 e. The average molecular weight is 268 g/mol. The molecule has 0 saturated heterocycles. The predicted octanol–water partition coefficient (Wildman–Crippen LogP) is 3.87. The number of hydrogen-bond donors (Lipinski definition) is 1. The Balaban J connectivity index is 1.95. The molecule has 0 spiro atoms. The van der Waals surface area contributed by atoms with Crippen LogP contribution >= 0.6 is 15.9 Å². The van der Waals surface area contributed by atoms with Crippen LogP contribution in [0.3, 0.4) is 0 Å². The van der Waals surface area contributed by atoms with E-state index in [1.54, 1.807) is 0 Å². The SMILES string of the molecule is CCC1(NCc2ccccc2Br)CCC1. The second kappa shape index (κ2) is 4.67. The van der Waals surface area contributed by atoms with E-state index < -0.39 is 0 Å². The summed E-state index contributed by atoms with van der Waals surface area (Å²) in [4.78, 5) is 0. The van der Waals surface area contributed by atoms with E-state index in [0.29, 0.717) is 5.54 Å². The van der Waals surface area contributed by atoms with Gasteiger partial charge in [0.25, 0.3) is 0 Å². The van der Waals surface area contributed by atoms with E-state index in [1.165, 1.54) is 35.7 Å². The van der Waals surface area contributed by atoms with Crippen LogP contribution in [0.4, 0.5) is 0 Å². The van der Waals surface area contributed by atoms with E-state index in [-0.39, 0.29) is 0 Å². The van der Waals surface area contributed by atoms with Crippen LogP contribution in [0, 0.1) is 0 Å². The van der Waals surface area contributed by atoms with Crippen LogP contribution in [-0.4, -0.2) is 5.54 Å². The Morgan fingerprint density at radius 1 is 1.33 bits per heavy atom. The summed E-state index contributed by atoms with van der Waals surface area (Å²) < 4.78 is 1.21. The quantitative estimate of drug-likeness (QED) is 0.874. The molecule has 0 unspecified atom stereocenters. The van der Waals surface area contributed by atoms with Crippen LogP contribution in [0.25, 0.3) is 0 Å². The van der Waals surface area contributed by atoms with Gasteiger partial charge in [-0.2, -0.15) is 0 Å². The maximum Gasteiger partial charge on any atom is 0.0221 e. The maximum atomic E-state index is 3.71. The standard InChI is InChI=1S/C13H18BrN/c1-2-13(8-5-9-13)15-10-11-6-3-4-7-12(11)14/h3-4,6-7,15H,2,5,8-10H2,1H3. The molecule has 1 aliphatic carbocycles. The Morgan fingerprint density at radius 2 is 2.07 bits per heavy atom. The normalized spacial score (nSPS) is 18.5. The monoisotopic (exact) mass is 267 g/mol. The van der Waals surface area contributed by atoms with E-state index in [4.69, 9.17) is 0 Å². The van der Waals surface area contributed by atoms with Crippen molar-refractivity contribution in [1.29, 1.82) is 0 Å². The summed E-state index contributed by atoms with van der Waals surface area (Å²) in [5.41, 5.74) is 1.80. The fourth-order valence-electron chi connectivity index (χ4n) is 2.18. The van der Waals surface area contributed by atoms with Crippen molar-refractivity contribution in [3.8, 4) is 0 Å². The van der Waals surface area contributed by atoms with Crippen molar-refractivity contribution in [2.75, 3.05) is 0 Å². The Bertz CT molecular complexity index is 326. The van der Waals surface area contributed by atoms with Crippen molar-refractivity contribution in [2.24, 2.45) is 0 Å². The van der Waals surface area contributed by atoms with Gasteiger partial charge in [-0.25, -0.2) is 0 Å². The van der Waals surface area contributed by atoms with Crippen LogP contribution in [0.1, 0.15) is 38.2 Å². The van der Waals surface area contributed by atoms with E-state index in [9.17, 15) is 0 Å². The molecule has 2 heteroatoms.